The first kappa shape index (κ1) is 16.0. The van der Waals surface area contributed by atoms with Gasteiger partial charge in [-0.1, -0.05) is 24.3 Å². The minimum Gasteiger partial charge on any atom is -0.457 e. The van der Waals surface area contributed by atoms with E-state index in [1.165, 1.54) is 0 Å². The van der Waals surface area contributed by atoms with Crippen molar-refractivity contribution in [3.63, 3.8) is 0 Å². The van der Waals surface area contributed by atoms with Gasteiger partial charge in [-0.15, -0.1) is 0 Å². The molecule has 0 radical (unpaired) electrons. The molecule has 0 aliphatic carbocycles. The zero-order chi connectivity index (χ0) is 16.9. The van der Waals surface area contributed by atoms with E-state index in [0.717, 1.165) is 0 Å². The minimum absolute atomic E-state index is 0.138. The maximum Gasteiger partial charge on any atom is 0.254 e. The monoisotopic (exact) mass is 325 g/mol. The fourth-order valence-corrected chi connectivity index (χ4v) is 2.62. The van der Waals surface area contributed by atoms with Crippen LogP contribution in [0.3, 0.4) is 0 Å². The van der Waals surface area contributed by atoms with Gasteiger partial charge >= 0.3 is 0 Å². The molecule has 1 atom stereocenters. The standard InChI is InChI=1S/C18H19N3O3/c19-17(22)16-12-21(10-9-20-16)18(23)13-5-4-8-15(11-13)24-14-6-2-1-3-7-14/h1-8,11,16,20H,9-10,12H2,(H2,19,22)/t16-/m1/s1. The van der Waals surface area contributed by atoms with Crippen LogP contribution in [0, 0.1) is 0 Å². The highest BCUT2D eigenvalue weighted by Crippen LogP contribution is 2.22. The Morgan fingerprint density at radius 3 is 2.58 bits per heavy atom. The zero-order valence-corrected chi connectivity index (χ0v) is 13.1. The van der Waals surface area contributed by atoms with Crippen LogP contribution in [0.2, 0.25) is 0 Å². The van der Waals surface area contributed by atoms with Gasteiger partial charge in [0.15, 0.2) is 0 Å². The van der Waals surface area contributed by atoms with Crippen molar-refractivity contribution in [3.8, 4) is 11.5 Å². The van der Waals surface area contributed by atoms with Crippen LogP contribution in [0.15, 0.2) is 54.6 Å². The number of amides is 2. The fourth-order valence-electron chi connectivity index (χ4n) is 2.62. The molecule has 6 nitrogen and oxygen atoms in total. The molecule has 0 saturated carbocycles. The van der Waals surface area contributed by atoms with E-state index in [-0.39, 0.29) is 12.5 Å². The Hall–Kier alpha value is -2.86. The lowest BCUT2D eigenvalue weighted by Crippen LogP contribution is -2.57. The molecule has 0 spiro atoms. The first-order valence-corrected chi connectivity index (χ1v) is 7.78. The van der Waals surface area contributed by atoms with Crippen molar-refractivity contribution in [3.05, 3.63) is 60.2 Å². The van der Waals surface area contributed by atoms with Crippen LogP contribution in [0.4, 0.5) is 0 Å². The molecule has 1 aliphatic rings. The molecule has 3 rings (SSSR count). The van der Waals surface area contributed by atoms with E-state index in [2.05, 4.69) is 5.32 Å². The summed E-state index contributed by atoms with van der Waals surface area (Å²) in [7, 11) is 0. The number of carbonyl (C=O) groups is 2. The number of nitrogens with two attached hydrogens (primary N) is 1. The number of nitrogens with one attached hydrogen (secondary N) is 1. The Bertz CT molecular complexity index is 733. The highest BCUT2D eigenvalue weighted by atomic mass is 16.5. The number of benzene rings is 2. The van der Waals surface area contributed by atoms with Crippen LogP contribution in [0.25, 0.3) is 0 Å². The molecule has 1 heterocycles. The first-order valence-electron chi connectivity index (χ1n) is 7.78. The summed E-state index contributed by atoms with van der Waals surface area (Å²) in [6.07, 6.45) is 0. The molecule has 1 fully saturated rings. The normalized spacial score (nSPS) is 17.3. The third-order valence-corrected chi connectivity index (χ3v) is 3.87. The number of primary amides is 1. The number of piperazine rings is 1. The van der Waals surface area contributed by atoms with Crippen LogP contribution in [-0.2, 0) is 4.79 Å². The van der Waals surface area contributed by atoms with E-state index in [9.17, 15) is 9.59 Å². The smallest absolute Gasteiger partial charge is 0.254 e. The predicted molar refractivity (Wildman–Crippen MR) is 89.8 cm³/mol. The summed E-state index contributed by atoms with van der Waals surface area (Å²) in [5.41, 5.74) is 5.84. The molecule has 2 amide bonds. The number of ether oxygens (including phenoxy) is 1. The summed E-state index contributed by atoms with van der Waals surface area (Å²) < 4.78 is 5.76. The third kappa shape index (κ3) is 3.72. The second-order valence-corrected chi connectivity index (χ2v) is 5.60. The maximum atomic E-state index is 12.7. The van der Waals surface area contributed by atoms with Gasteiger partial charge in [0, 0.05) is 25.2 Å². The molecule has 3 N–H and O–H groups in total. The summed E-state index contributed by atoms with van der Waals surface area (Å²) in [5.74, 6) is 0.710. The minimum atomic E-state index is -0.508. The number of nitrogens with zero attached hydrogens (tertiary/aromatic N) is 1. The van der Waals surface area contributed by atoms with Gasteiger partial charge < -0.3 is 20.7 Å². The molecule has 6 heteroatoms. The van der Waals surface area contributed by atoms with E-state index in [4.69, 9.17) is 10.5 Å². The number of hydrogen-bond donors (Lipinski definition) is 2. The topological polar surface area (TPSA) is 84.7 Å². The highest BCUT2D eigenvalue weighted by molar-refractivity contribution is 5.95. The Kier molecular flexibility index (Phi) is 4.77. The van der Waals surface area contributed by atoms with Crippen LogP contribution in [0.5, 0.6) is 11.5 Å². The third-order valence-electron chi connectivity index (χ3n) is 3.87. The number of para-hydroxylation sites is 1. The van der Waals surface area contributed by atoms with Crippen molar-refractivity contribution >= 4 is 11.8 Å². The maximum absolute atomic E-state index is 12.7. The summed E-state index contributed by atoms with van der Waals surface area (Å²) in [4.78, 5) is 25.6. The van der Waals surface area contributed by atoms with Crippen molar-refractivity contribution < 1.29 is 14.3 Å². The van der Waals surface area contributed by atoms with Crippen molar-refractivity contribution in [1.29, 1.82) is 0 Å². The molecule has 1 aliphatic heterocycles. The summed E-state index contributed by atoms with van der Waals surface area (Å²) in [5, 5.41) is 3.01. The summed E-state index contributed by atoms with van der Waals surface area (Å²) >= 11 is 0. The van der Waals surface area contributed by atoms with Gasteiger partial charge in [-0.25, -0.2) is 0 Å². The average Bonchev–Trinajstić information content (AvgIpc) is 2.62. The molecule has 2 aromatic rings. The molecule has 2 aromatic carbocycles. The molecule has 124 valence electrons. The van der Waals surface area contributed by atoms with Gasteiger partial charge in [0.2, 0.25) is 5.91 Å². The number of hydrogen-bond acceptors (Lipinski definition) is 4. The van der Waals surface area contributed by atoms with Crippen LogP contribution in [-0.4, -0.2) is 42.4 Å². The molecule has 0 bridgehead atoms. The Morgan fingerprint density at radius 1 is 1.08 bits per heavy atom. The SMILES string of the molecule is NC(=O)[C@H]1CN(C(=O)c2cccc(Oc3ccccc3)c2)CCN1. The second-order valence-electron chi connectivity index (χ2n) is 5.60. The van der Waals surface area contributed by atoms with Gasteiger partial charge in [-0.3, -0.25) is 9.59 Å². The van der Waals surface area contributed by atoms with E-state index in [0.29, 0.717) is 30.2 Å². The number of carbonyl (C=O) groups excluding carboxylic acids is 2. The summed E-state index contributed by atoms with van der Waals surface area (Å²) in [6, 6.07) is 15.9. The van der Waals surface area contributed by atoms with Crippen molar-refractivity contribution in [2.45, 2.75) is 6.04 Å². The lowest BCUT2D eigenvalue weighted by molar-refractivity contribution is -0.120. The molecule has 24 heavy (non-hydrogen) atoms. The highest BCUT2D eigenvalue weighted by Gasteiger charge is 2.27. The Balaban J connectivity index is 1.73. The molecular formula is C18H19N3O3. The zero-order valence-electron chi connectivity index (χ0n) is 13.1. The van der Waals surface area contributed by atoms with Gasteiger partial charge in [-0.05, 0) is 30.3 Å². The van der Waals surface area contributed by atoms with Crippen LogP contribution >= 0.6 is 0 Å². The van der Waals surface area contributed by atoms with E-state index >= 15 is 0 Å². The van der Waals surface area contributed by atoms with Crippen LogP contribution in [0.1, 0.15) is 10.4 Å². The van der Waals surface area contributed by atoms with Gasteiger partial charge in [0.05, 0.1) is 0 Å². The van der Waals surface area contributed by atoms with Gasteiger partial charge in [-0.2, -0.15) is 0 Å². The fraction of sp³-hybridized carbons (Fsp3) is 0.222. The van der Waals surface area contributed by atoms with Gasteiger partial charge in [0.1, 0.15) is 17.5 Å². The second kappa shape index (κ2) is 7.14. The molecule has 0 unspecified atom stereocenters. The van der Waals surface area contributed by atoms with Gasteiger partial charge in [0.25, 0.3) is 5.91 Å². The quantitative estimate of drug-likeness (QED) is 0.889. The van der Waals surface area contributed by atoms with E-state index in [1.54, 1.807) is 29.2 Å². The molecule has 1 saturated heterocycles. The van der Waals surface area contributed by atoms with Crippen molar-refractivity contribution in [2.24, 2.45) is 5.73 Å². The van der Waals surface area contributed by atoms with E-state index < -0.39 is 11.9 Å². The molecule has 0 aromatic heterocycles. The van der Waals surface area contributed by atoms with E-state index in [1.807, 2.05) is 30.3 Å². The molecular weight excluding hydrogens is 306 g/mol. The van der Waals surface area contributed by atoms with Crippen molar-refractivity contribution in [1.82, 2.24) is 10.2 Å². The summed E-state index contributed by atoms with van der Waals surface area (Å²) in [6.45, 7) is 1.35. The lowest BCUT2D eigenvalue weighted by Gasteiger charge is -2.32. The predicted octanol–water partition coefficient (Wildman–Crippen LogP) is 1.38. The number of rotatable bonds is 4. The lowest BCUT2D eigenvalue weighted by atomic mass is 10.1. The van der Waals surface area contributed by atoms with Crippen LogP contribution < -0.4 is 15.8 Å². The Morgan fingerprint density at radius 2 is 1.83 bits per heavy atom. The Labute approximate surface area is 140 Å². The first-order chi connectivity index (χ1) is 11.6. The largest absolute Gasteiger partial charge is 0.457 e. The average molecular weight is 325 g/mol. The van der Waals surface area contributed by atoms with Crippen molar-refractivity contribution in [2.75, 3.05) is 19.6 Å².